The van der Waals surface area contributed by atoms with E-state index >= 15 is 0 Å². The first kappa shape index (κ1) is 25.8. The number of nitrogens with two attached hydrogens (primary N) is 1. The van der Waals surface area contributed by atoms with Crippen molar-refractivity contribution < 1.29 is 9.53 Å². The number of thiophene rings is 1. The molecule has 0 radical (unpaired) electrons. The van der Waals surface area contributed by atoms with Crippen LogP contribution in [-0.2, 0) is 0 Å². The molecule has 0 spiro atoms. The van der Waals surface area contributed by atoms with E-state index in [1.165, 1.54) is 30.2 Å². The Bertz CT molecular complexity index is 1270. The number of carbonyl (C=O) groups is 1. The molecule has 11 heteroatoms. The molecule has 5 N–H and O–H groups in total. The zero-order valence-electron chi connectivity index (χ0n) is 19.7. The highest BCUT2D eigenvalue weighted by Crippen LogP contribution is 2.28. The summed E-state index contributed by atoms with van der Waals surface area (Å²) in [6.45, 7) is 3.71. The van der Waals surface area contributed by atoms with Gasteiger partial charge in [-0.2, -0.15) is 0 Å². The standard InChI is InChI=1S/C25H29ClN6O3S/c26-23-9-8-22(36-23)25(34)29-17-18(30-27)16-28-20-7-6-19(32-12-2-1-5-24(32)33)15-21(20)35-14-13-31-10-3-4-11-31/h1-2,5-9,12,15-16,28,30H,3-4,10-11,13-14,17,27H2,(H,29,34)/b18-16-. The Balaban J connectivity index is 1.47. The van der Waals surface area contributed by atoms with E-state index in [1.807, 2.05) is 24.3 Å². The molecular formula is C25H29ClN6O3S. The van der Waals surface area contributed by atoms with Gasteiger partial charge in [0.05, 0.1) is 32.8 Å². The SMILES string of the molecule is NN/C(=C\Nc1ccc(-n2ccccc2=O)cc1OCCN1CCCC1)CNC(=O)c1ccc(Cl)s1. The summed E-state index contributed by atoms with van der Waals surface area (Å²) in [5.41, 5.74) is 4.43. The molecule has 3 aromatic rings. The number of anilines is 1. The largest absolute Gasteiger partial charge is 0.490 e. The van der Waals surface area contributed by atoms with Gasteiger partial charge in [0.15, 0.2) is 0 Å². The van der Waals surface area contributed by atoms with Gasteiger partial charge in [-0.25, -0.2) is 0 Å². The van der Waals surface area contributed by atoms with E-state index in [9.17, 15) is 9.59 Å². The van der Waals surface area contributed by atoms with Crippen molar-refractivity contribution in [2.75, 3.05) is 38.1 Å². The van der Waals surface area contributed by atoms with Crippen molar-refractivity contribution in [3.63, 3.8) is 0 Å². The smallest absolute Gasteiger partial charge is 0.261 e. The lowest BCUT2D eigenvalue weighted by molar-refractivity contribution is 0.0960. The molecule has 0 atom stereocenters. The number of aromatic nitrogens is 1. The summed E-state index contributed by atoms with van der Waals surface area (Å²) >= 11 is 7.12. The van der Waals surface area contributed by atoms with Crippen LogP contribution in [0.2, 0.25) is 4.34 Å². The van der Waals surface area contributed by atoms with E-state index in [1.54, 1.807) is 35.2 Å². The van der Waals surface area contributed by atoms with Crippen LogP contribution in [0.15, 0.2) is 71.4 Å². The van der Waals surface area contributed by atoms with Gasteiger partial charge >= 0.3 is 0 Å². The van der Waals surface area contributed by atoms with E-state index in [0.717, 1.165) is 19.6 Å². The second-order valence-corrected chi connectivity index (χ2v) is 9.95. The van der Waals surface area contributed by atoms with Gasteiger partial charge in [0.1, 0.15) is 12.4 Å². The molecule has 4 rings (SSSR count). The monoisotopic (exact) mass is 528 g/mol. The highest BCUT2D eigenvalue weighted by Gasteiger charge is 2.13. The zero-order chi connectivity index (χ0) is 25.3. The van der Waals surface area contributed by atoms with Crippen LogP contribution in [0.1, 0.15) is 22.5 Å². The van der Waals surface area contributed by atoms with Gasteiger partial charge in [-0.15, -0.1) is 11.3 Å². The van der Waals surface area contributed by atoms with Crippen molar-refractivity contribution in [1.82, 2.24) is 20.2 Å². The molecule has 0 saturated carbocycles. The fourth-order valence-corrected chi connectivity index (χ4v) is 4.80. The summed E-state index contributed by atoms with van der Waals surface area (Å²) in [7, 11) is 0. The van der Waals surface area contributed by atoms with Crippen molar-refractivity contribution in [1.29, 1.82) is 0 Å². The maximum atomic E-state index is 12.3. The zero-order valence-corrected chi connectivity index (χ0v) is 21.3. The van der Waals surface area contributed by atoms with E-state index in [-0.39, 0.29) is 18.0 Å². The van der Waals surface area contributed by atoms with Gasteiger partial charge in [-0.3, -0.25) is 24.9 Å². The number of rotatable bonds is 11. The average Bonchev–Trinajstić information content (AvgIpc) is 3.57. The molecular weight excluding hydrogens is 500 g/mol. The fourth-order valence-electron chi connectivity index (χ4n) is 3.84. The minimum absolute atomic E-state index is 0.126. The number of hydrogen-bond donors (Lipinski definition) is 4. The van der Waals surface area contributed by atoms with Crippen molar-refractivity contribution in [2.45, 2.75) is 12.8 Å². The molecule has 1 aromatic carbocycles. The lowest BCUT2D eigenvalue weighted by Gasteiger charge is -2.18. The molecule has 190 valence electrons. The number of halogens is 1. The van der Waals surface area contributed by atoms with E-state index in [2.05, 4.69) is 21.0 Å². The van der Waals surface area contributed by atoms with Gasteiger partial charge in [-0.1, -0.05) is 17.7 Å². The average molecular weight is 529 g/mol. The summed E-state index contributed by atoms with van der Waals surface area (Å²) in [6.07, 6.45) is 5.82. The maximum absolute atomic E-state index is 12.3. The summed E-state index contributed by atoms with van der Waals surface area (Å²) in [5.74, 6) is 6.03. The number of likely N-dealkylation sites (tertiary alicyclic amines) is 1. The third kappa shape index (κ3) is 6.88. The third-order valence-electron chi connectivity index (χ3n) is 5.75. The quantitative estimate of drug-likeness (QED) is 0.223. The first-order valence-corrected chi connectivity index (χ1v) is 12.9. The minimum Gasteiger partial charge on any atom is -0.490 e. The fraction of sp³-hybridized carbons (Fsp3) is 0.280. The molecule has 1 fully saturated rings. The number of amides is 1. The van der Waals surface area contributed by atoms with Crippen molar-refractivity contribution in [2.24, 2.45) is 5.84 Å². The topological polar surface area (TPSA) is 114 Å². The van der Waals surface area contributed by atoms with Crippen LogP contribution in [0.3, 0.4) is 0 Å². The first-order chi connectivity index (χ1) is 17.5. The molecule has 9 nitrogen and oxygen atoms in total. The highest BCUT2D eigenvalue weighted by atomic mass is 35.5. The second-order valence-electron chi connectivity index (χ2n) is 8.23. The third-order valence-corrected chi connectivity index (χ3v) is 6.98. The predicted molar refractivity (Wildman–Crippen MR) is 144 cm³/mol. The van der Waals surface area contributed by atoms with E-state index in [0.29, 0.717) is 38.6 Å². The van der Waals surface area contributed by atoms with Gasteiger partial charge in [-0.05, 0) is 56.3 Å². The maximum Gasteiger partial charge on any atom is 0.261 e. The van der Waals surface area contributed by atoms with Gasteiger partial charge in [0, 0.05) is 31.1 Å². The molecule has 1 aliphatic heterocycles. The van der Waals surface area contributed by atoms with Gasteiger partial charge < -0.3 is 20.8 Å². The summed E-state index contributed by atoms with van der Waals surface area (Å²) < 4.78 is 8.25. The molecule has 2 aromatic heterocycles. The Morgan fingerprint density at radius 3 is 2.72 bits per heavy atom. The molecule has 3 heterocycles. The van der Waals surface area contributed by atoms with Gasteiger partial charge in [0.25, 0.3) is 11.5 Å². The lowest BCUT2D eigenvalue weighted by atomic mass is 10.2. The van der Waals surface area contributed by atoms with Crippen LogP contribution < -0.4 is 32.2 Å². The summed E-state index contributed by atoms with van der Waals surface area (Å²) in [6, 6.07) is 13.9. The second kappa shape index (κ2) is 12.6. The summed E-state index contributed by atoms with van der Waals surface area (Å²) in [4.78, 5) is 27.5. The van der Waals surface area contributed by atoms with Crippen LogP contribution in [0.5, 0.6) is 5.75 Å². The van der Waals surface area contributed by atoms with Crippen LogP contribution >= 0.6 is 22.9 Å². The Hall–Kier alpha value is -3.31. The van der Waals surface area contributed by atoms with Crippen LogP contribution in [0, 0.1) is 0 Å². The number of nitrogens with zero attached hydrogens (tertiary/aromatic N) is 2. The Labute approximate surface area is 218 Å². The van der Waals surface area contributed by atoms with Crippen molar-refractivity contribution in [3.8, 4) is 11.4 Å². The number of benzene rings is 1. The Morgan fingerprint density at radius 1 is 1.17 bits per heavy atom. The molecule has 0 bridgehead atoms. The van der Waals surface area contributed by atoms with Gasteiger partial charge in [0.2, 0.25) is 0 Å². The molecule has 0 aliphatic carbocycles. The Morgan fingerprint density at radius 2 is 2.00 bits per heavy atom. The summed E-state index contributed by atoms with van der Waals surface area (Å²) in [5, 5.41) is 6.01. The van der Waals surface area contributed by atoms with Crippen molar-refractivity contribution >= 4 is 34.5 Å². The minimum atomic E-state index is -0.239. The predicted octanol–water partition coefficient (Wildman–Crippen LogP) is 3.17. The molecule has 0 unspecified atom stereocenters. The molecule has 36 heavy (non-hydrogen) atoms. The number of carbonyl (C=O) groups excluding carboxylic acids is 1. The number of hydrogen-bond acceptors (Lipinski definition) is 8. The van der Waals surface area contributed by atoms with Crippen molar-refractivity contribution in [3.05, 3.63) is 86.2 Å². The number of nitrogens with one attached hydrogen (secondary N) is 3. The van der Waals surface area contributed by atoms with Crippen LogP contribution in [0.25, 0.3) is 5.69 Å². The number of hydrazine groups is 1. The van der Waals surface area contributed by atoms with Crippen LogP contribution in [0.4, 0.5) is 5.69 Å². The number of pyridine rings is 1. The first-order valence-electron chi connectivity index (χ1n) is 11.7. The van der Waals surface area contributed by atoms with E-state index in [4.69, 9.17) is 22.2 Å². The number of ether oxygens (including phenoxy) is 1. The molecule has 1 saturated heterocycles. The molecule has 1 aliphatic rings. The van der Waals surface area contributed by atoms with E-state index < -0.39 is 0 Å². The highest BCUT2D eigenvalue weighted by molar-refractivity contribution is 7.18. The lowest BCUT2D eigenvalue weighted by Crippen LogP contribution is -2.33. The van der Waals surface area contributed by atoms with Crippen LogP contribution in [-0.4, -0.2) is 48.2 Å². The molecule has 1 amide bonds. The Kier molecular flexibility index (Phi) is 9.01. The normalized spacial score (nSPS) is 14.0.